The lowest BCUT2D eigenvalue weighted by molar-refractivity contribution is -0.158. The maximum Gasteiger partial charge on any atom is 0.469 e. The fraction of sp³-hybridized carbons (Fsp3) is 0.333. The van der Waals surface area contributed by atoms with Gasteiger partial charge in [-0.25, -0.2) is 0 Å². The van der Waals surface area contributed by atoms with Crippen molar-refractivity contribution in [2.45, 2.75) is 11.3 Å². The Hall–Kier alpha value is -1.16. The summed E-state index contributed by atoms with van der Waals surface area (Å²) >= 11 is 0.905. The molecule has 0 spiro atoms. The van der Waals surface area contributed by atoms with Crippen LogP contribution in [0.15, 0.2) is 9.51 Å². The molecule has 0 N–H and O–H groups in total. The first-order chi connectivity index (χ1) is 5.99. The second-order valence-corrected chi connectivity index (χ2v) is 2.75. The highest BCUT2D eigenvalue weighted by Gasteiger charge is 2.38. The van der Waals surface area contributed by atoms with Crippen LogP contribution in [0.1, 0.15) is 11.6 Å². The van der Waals surface area contributed by atoms with Gasteiger partial charge in [0, 0.05) is 0 Å². The van der Waals surface area contributed by atoms with Crippen LogP contribution in [0.3, 0.4) is 0 Å². The van der Waals surface area contributed by atoms with E-state index in [2.05, 4.69) is 9.40 Å². The Balaban J connectivity index is 3.16. The van der Waals surface area contributed by atoms with E-state index in [1.54, 1.807) is 0 Å². The number of rotatable bonds is 1. The van der Waals surface area contributed by atoms with Gasteiger partial charge in [-0.1, -0.05) is 11.8 Å². The number of nitrogens with zero attached hydrogens (tertiary/aromatic N) is 2. The molecule has 70 valence electrons. The minimum absolute atomic E-state index is 0.116. The standard InChI is InChI=1S/C6H3F3N2OS/c1-13-4-3(2-10)11-5(12-4)6(7,8)9/h1H3. The number of aromatic nitrogens is 1. The van der Waals surface area contributed by atoms with Gasteiger partial charge in [0.25, 0.3) is 0 Å². The lowest BCUT2D eigenvalue weighted by atomic mass is 10.5. The molecule has 0 saturated carbocycles. The van der Waals surface area contributed by atoms with E-state index in [4.69, 9.17) is 5.26 Å². The SMILES string of the molecule is CSc1oc(C(F)(F)F)nc1C#N. The molecule has 0 aromatic carbocycles. The number of hydrogen-bond acceptors (Lipinski definition) is 4. The Labute approximate surface area is 75.6 Å². The van der Waals surface area contributed by atoms with Crippen LogP contribution >= 0.6 is 11.8 Å². The van der Waals surface area contributed by atoms with Crippen molar-refractivity contribution in [3.05, 3.63) is 11.6 Å². The van der Waals surface area contributed by atoms with Crippen LogP contribution < -0.4 is 0 Å². The summed E-state index contributed by atoms with van der Waals surface area (Å²) < 4.78 is 40.3. The van der Waals surface area contributed by atoms with Crippen LogP contribution in [0.4, 0.5) is 13.2 Å². The zero-order valence-electron chi connectivity index (χ0n) is 6.34. The predicted octanol–water partition coefficient (Wildman–Crippen LogP) is 2.29. The van der Waals surface area contributed by atoms with E-state index < -0.39 is 12.1 Å². The van der Waals surface area contributed by atoms with Gasteiger partial charge in [0.15, 0.2) is 10.8 Å². The lowest BCUT2D eigenvalue weighted by Crippen LogP contribution is -2.04. The topological polar surface area (TPSA) is 49.8 Å². The lowest BCUT2D eigenvalue weighted by Gasteiger charge is -1.97. The van der Waals surface area contributed by atoms with Crippen LogP contribution in [0.2, 0.25) is 0 Å². The highest BCUT2D eigenvalue weighted by atomic mass is 32.2. The molecule has 1 heterocycles. The van der Waals surface area contributed by atoms with Crippen molar-refractivity contribution in [1.82, 2.24) is 4.98 Å². The molecule has 0 aliphatic heterocycles. The molecule has 0 aliphatic carbocycles. The quantitative estimate of drug-likeness (QED) is 0.664. The molecule has 0 aliphatic rings. The summed E-state index contributed by atoms with van der Waals surface area (Å²) in [7, 11) is 0. The smallest absolute Gasteiger partial charge is 0.425 e. The van der Waals surface area contributed by atoms with Crippen molar-refractivity contribution < 1.29 is 17.6 Å². The van der Waals surface area contributed by atoms with Crippen molar-refractivity contribution in [3.8, 4) is 6.07 Å². The molecule has 0 radical (unpaired) electrons. The van der Waals surface area contributed by atoms with Gasteiger partial charge >= 0.3 is 12.1 Å². The minimum Gasteiger partial charge on any atom is -0.425 e. The average Bonchev–Trinajstić information content (AvgIpc) is 2.45. The van der Waals surface area contributed by atoms with Crippen LogP contribution in [0.5, 0.6) is 0 Å². The number of nitriles is 1. The van der Waals surface area contributed by atoms with Gasteiger partial charge in [-0.3, -0.25) is 0 Å². The van der Waals surface area contributed by atoms with Gasteiger partial charge in [0.05, 0.1) is 0 Å². The number of halogens is 3. The molecule has 0 bridgehead atoms. The maximum atomic E-state index is 12.0. The third-order valence-electron chi connectivity index (χ3n) is 1.13. The molecule has 0 saturated heterocycles. The Bertz CT molecular complexity index is 352. The Kier molecular flexibility index (Phi) is 2.52. The maximum absolute atomic E-state index is 12.0. The zero-order valence-corrected chi connectivity index (χ0v) is 7.16. The van der Waals surface area contributed by atoms with E-state index in [0.717, 1.165) is 11.8 Å². The van der Waals surface area contributed by atoms with Crippen molar-refractivity contribution >= 4 is 11.8 Å². The summed E-state index contributed by atoms with van der Waals surface area (Å²) in [6.07, 6.45) is -3.14. The summed E-state index contributed by atoms with van der Waals surface area (Å²) in [4.78, 5) is 3.00. The summed E-state index contributed by atoms with van der Waals surface area (Å²) in [5.74, 6) is -1.38. The molecule has 0 fully saturated rings. The number of hydrogen-bond donors (Lipinski definition) is 0. The fourth-order valence-electron chi connectivity index (χ4n) is 0.636. The molecule has 3 nitrogen and oxygen atoms in total. The molecule has 1 aromatic heterocycles. The van der Waals surface area contributed by atoms with Gasteiger partial charge in [0.1, 0.15) is 6.07 Å². The van der Waals surface area contributed by atoms with Crippen molar-refractivity contribution in [3.63, 3.8) is 0 Å². The molecule has 0 atom stereocenters. The molecular formula is C6H3F3N2OS. The minimum atomic E-state index is -4.64. The fourth-order valence-corrected chi connectivity index (χ4v) is 1.08. The van der Waals surface area contributed by atoms with Crippen molar-refractivity contribution in [2.75, 3.05) is 6.26 Å². The van der Waals surface area contributed by atoms with E-state index in [9.17, 15) is 13.2 Å². The van der Waals surface area contributed by atoms with E-state index in [1.165, 1.54) is 12.3 Å². The van der Waals surface area contributed by atoms with Crippen molar-refractivity contribution in [1.29, 1.82) is 5.26 Å². The summed E-state index contributed by atoms with van der Waals surface area (Å²) in [5, 5.41) is 8.26. The van der Waals surface area contributed by atoms with E-state index in [-0.39, 0.29) is 10.8 Å². The molecule has 1 aromatic rings. The van der Waals surface area contributed by atoms with Crippen LogP contribution in [-0.4, -0.2) is 11.2 Å². The van der Waals surface area contributed by atoms with Crippen LogP contribution in [-0.2, 0) is 6.18 Å². The normalized spacial score (nSPS) is 11.3. The monoisotopic (exact) mass is 208 g/mol. The predicted molar refractivity (Wildman–Crippen MR) is 38.0 cm³/mol. The van der Waals surface area contributed by atoms with E-state index in [0.29, 0.717) is 0 Å². The number of alkyl halides is 3. The van der Waals surface area contributed by atoms with Gasteiger partial charge in [-0.15, -0.1) is 0 Å². The first-order valence-corrected chi connectivity index (χ1v) is 4.23. The third kappa shape index (κ3) is 1.95. The Morgan fingerprint density at radius 2 is 2.15 bits per heavy atom. The van der Waals surface area contributed by atoms with Gasteiger partial charge in [0.2, 0.25) is 0 Å². The molecule has 0 amide bonds. The molecule has 13 heavy (non-hydrogen) atoms. The molecule has 1 rings (SSSR count). The molecule has 7 heteroatoms. The van der Waals surface area contributed by atoms with Gasteiger partial charge < -0.3 is 4.42 Å². The Morgan fingerprint density at radius 3 is 2.46 bits per heavy atom. The summed E-state index contributed by atoms with van der Waals surface area (Å²) in [6.45, 7) is 0. The van der Waals surface area contributed by atoms with Gasteiger partial charge in [-0.2, -0.15) is 23.4 Å². The van der Waals surface area contributed by atoms with E-state index in [1.807, 2.05) is 0 Å². The second kappa shape index (κ2) is 3.30. The number of thioether (sulfide) groups is 1. The third-order valence-corrected chi connectivity index (χ3v) is 1.78. The van der Waals surface area contributed by atoms with Crippen LogP contribution in [0.25, 0.3) is 0 Å². The Morgan fingerprint density at radius 1 is 1.54 bits per heavy atom. The van der Waals surface area contributed by atoms with Crippen LogP contribution in [0, 0.1) is 11.3 Å². The molecular weight excluding hydrogens is 205 g/mol. The summed E-state index contributed by atoms with van der Waals surface area (Å²) in [6, 6.07) is 1.51. The van der Waals surface area contributed by atoms with Gasteiger partial charge in [-0.05, 0) is 6.26 Å². The largest absolute Gasteiger partial charge is 0.469 e. The highest BCUT2D eigenvalue weighted by molar-refractivity contribution is 7.98. The highest BCUT2D eigenvalue weighted by Crippen LogP contribution is 2.32. The molecule has 0 unspecified atom stereocenters. The second-order valence-electron chi connectivity index (χ2n) is 1.97. The van der Waals surface area contributed by atoms with E-state index >= 15 is 0 Å². The van der Waals surface area contributed by atoms with Crippen molar-refractivity contribution in [2.24, 2.45) is 0 Å². The average molecular weight is 208 g/mol. The first kappa shape index (κ1) is 9.92. The first-order valence-electron chi connectivity index (χ1n) is 3.01. The summed E-state index contributed by atoms with van der Waals surface area (Å²) in [5.41, 5.74) is -0.333. The number of oxazole rings is 1. The zero-order chi connectivity index (χ0) is 10.1.